The van der Waals surface area contributed by atoms with Gasteiger partial charge < -0.3 is 14.0 Å². The molecular weight excluding hydrogens is 685 g/mol. The lowest BCUT2D eigenvalue weighted by Crippen LogP contribution is -2.59. The van der Waals surface area contributed by atoms with Gasteiger partial charge in [0.25, 0.3) is 6.71 Å². The zero-order valence-electron chi connectivity index (χ0n) is 30.8. The van der Waals surface area contributed by atoms with Gasteiger partial charge >= 0.3 is 0 Å². The Kier molecular flexibility index (Phi) is 5.61. The lowest BCUT2D eigenvalue weighted by molar-refractivity contribution is 0.666. The van der Waals surface area contributed by atoms with Crippen LogP contribution in [0.5, 0.6) is 0 Å². The van der Waals surface area contributed by atoms with Crippen molar-refractivity contribution in [2.45, 2.75) is 26.2 Å². The minimum atomic E-state index is -0.185. The molecule has 13 rings (SSSR count). The molecule has 0 fully saturated rings. The largest absolute Gasteiger partial charge is 0.310 e. The predicted octanol–water partition coefficient (Wildman–Crippen LogP) is 11.2. The quantitative estimate of drug-likeness (QED) is 0.166. The smallest absolute Gasteiger partial charge is 0.252 e. The number of hydrogen-bond acceptors (Lipinski definition) is 2. The summed E-state index contributed by atoms with van der Waals surface area (Å²) in [6.07, 6.45) is 0. The molecule has 2 aliphatic heterocycles. The van der Waals surface area contributed by atoms with E-state index in [0.717, 1.165) is 17.1 Å². The highest BCUT2D eigenvalue weighted by atomic mass is 32.1. The molecule has 0 radical (unpaired) electrons. The van der Waals surface area contributed by atoms with Crippen molar-refractivity contribution >= 4 is 93.6 Å². The third-order valence-corrected chi connectivity index (χ3v) is 14.1. The van der Waals surface area contributed by atoms with Gasteiger partial charge in [-0.1, -0.05) is 111 Å². The fraction of sp³-hybridized carbons (Fsp3) is 0.0800. The van der Waals surface area contributed by atoms with E-state index in [0.29, 0.717) is 0 Å². The second kappa shape index (κ2) is 10.3. The molecular formula is C50H34BN3S. The molecule has 0 bridgehead atoms. The van der Waals surface area contributed by atoms with Crippen LogP contribution in [0.2, 0.25) is 0 Å². The first kappa shape index (κ1) is 30.1. The van der Waals surface area contributed by atoms with Crippen molar-refractivity contribution in [3.63, 3.8) is 0 Å². The van der Waals surface area contributed by atoms with Gasteiger partial charge in [0.2, 0.25) is 0 Å². The molecule has 7 aromatic carbocycles. The molecule has 3 aliphatic rings. The van der Waals surface area contributed by atoms with Crippen LogP contribution >= 0.6 is 11.3 Å². The summed E-state index contributed by atoms with van der Waals surface area (Å²) >= 11 is 1.93. The van der Waals surface area contributed by atoms with Gasteiger partial charge in [0.15, 0.2) is 0 Å². The Morgan fingerprint density at radius 1 is 0.564 bits per heavy atom. The van der Waals surface area contributed by atoms with E-state index in [1.165, 1.54) is 97.8 Å². The molecule has 0 unspecified atom stereocenters. The van der Waals surface area contributed by atoms with Crippen LogP contribution in [0.1, 0.15) is 30.5 Å². The Hall–Kier alpha value is -6.30. The molecule has 1 aliphatic carbocycles. The van der Waals surface area contributed by atoms with Crippen molar-refractivity contribution in [2.24, 2.45) is 0 Å². The first-order valence-electron chi connectivity index (χ1n) is 19.3. The van der Waals surface area contributed by atoms with Crippen molar-refractivity contribution < 1.29 is 0 Å². The molecule has 10 aromatic rings. The van der Waals surface area contributed by atoms with Crippen molar-refractivity contribution in [1.29, 1.82) is 0 Å². The van der Waals surface area contributed by atoms with Crippen molar-refractivity contribution in [2.75, 3.05) is 4.90 Å². The van der Waals surface area contributed by atoms with E-state index in [9.17, 15) is 0 Å². The third kappa shape index (κ3) is 3.63. The Morgan fingerprint density at radius 2 is 1.18 bits per heavy atom. The molecule has 0 saturated carbocycles. The highest BCUT2D eigenvalue weighted by molar-refractivity contribution is 7.26. The second-order valence-electron chi connectivity index (χ2n) is 16.2. The fourth-order valence-electron chi connectivity index (χ4n) is 10.8. The van der Waals surface area contributed by atoms with Gasteiger partial charge in [-0.3, -0.25) is 0 Å². The van der Waals surface area contributed by atoms with Gasteiger partial charge in [-0.15, -0.1) is 11.3 Å². The zero-order chi connectivity index (χ0) is 36.3. The van der Waals surface area contributed by atoms with Crippen molar-refractivity contribution in [3.05, 3.63) is 168 Å². The first-order valence-corrected chi connectivity index (χ1v) is 20.1. The van der Waals surface area contributed by atoms with Crippen LogP contribution in [0.25, 0.3) is 64.7 Å². The second-order valence-corrected chi connectivity index (χ2v) is 17.2. The Bertz CT molecular complexity index is 3270. The lowest BCUT2D eigenvalue weighted by atomic mass is 9.34. The Morgan fingerprint density at radius 3 is 1.91 bits per heavy atom. The van der Waals surface area contributed by atoms with Gasteiger partial charge in [0.1, 0.15) is 0 Å². The molecule has 5 heterocycles. The predicted molar refractivity (Wildman–Crippen MR) is 235 cm³/mol. The molecule has 55 heavy (non-hydrogen) atoms. The monoisotopic (exact) mass is 719 g/mol. The standard InChI is InChI=1S/C50H34BN3S/c1-29-26-40-44-41(27-29)54-46-35(49-48(54)33-18-10-11-23-42(33)55-49)20-13-22-39(46)51(44)38-21-12-19-34-43-47(53(40)45(34)38)36-28-32(24-25-37(36)50(43,2)3)52(30-14-6-4-7-15-30)31-16-8-5-9-17-31/h4-28H,1-3H3. The maximum absolute atomic E-state index is 2.67. The topological polar surface area (TPSA) is 13.1 Å². The number of fused-ring (bicyclic) bond motifs is 14. The van der Waals surface area contributed by atoms with Gasteiger partial charge in [-0.2, -0.15) is 0 Å². The molecule has 0 saturated heterocycles. The van der Waals surface area contributed by atoms with E-state index in [-0.39, 0.29) is 12.1 Å². The van der Waals surface area contributed by atoms with Gasteiger partial charge in [-0.05, 0) is 94.6 Å². The van der Waals surface area contributed by atoms with Gasteiger partial charge in [0, 0.05) is 65.8 Å². The number of hydrogen-bond donors (Lipinski definition) is 0. The van der Waals surface area contributed by atoms with E-state index in [4.69, 9.17) is 0 Å². The van der Waals surface area contributed by atoms with Crippen LogP contribution in [0.3, 0.4) is 0 Å². The molecule has 0 atom stereocenters. The molecule has 0 N–H and O–H groups in total. The third-order valence-electron chi connectivity index (χ3n) is 12.9. The Labute approximate surface area is 323 Å². The maximum Gasteiger partial charge on any atom is 0.252 e. The molecule has 3 nitrogen and oxygen atoms in total. The van der Waals surface area contributed by atoms with E-state index in [1.54, 1.807) is 0 Å². The van der Waals surface area contributed by atoms with Crippen LogP contribution in [0, 0.1) is 6.92 Å². The summed E-state index contributed by atoms with van der Waals surface area (Å²) in [5.41, 5.74) is 20.9. The average molecular weight is 720 g/mol. The summed E-state index contributed by atoms with van der Waals surface area (Å²) in [6.45, 7) is 7.29. The molecule has 258 valence electrons. The minimum absolute atomic E-state index is 0.142. The number of rotatable bonds is 3. The summed E-state index contributed by atoms with van der Waals surface area (Å²) in [7, 11) is 0. The molecule has 0 amide bonds. The summed E-state index contributed by atoms with van der Waals surface area (Å²) in [6, 6.07) is 56.8. The van der Waals surface area contributed by atoms with Crippen LogP contribution in [-0.2, 0) is 5.41 Å². The summed E-state index contributed by atoms with van der Waals surface area (Å²) in [5, 5.41) is 4.07. The number of benzene rings is 7. The summed E-state index contributed by atoms with van der Waals surface area (Å²) in [4.78, 5) is 2.39. The van der Waals surface area contributed by atoms with E-state index in [1.807, 2.05) is 11.3 Å². The SMILES string of the molecule is Cc1cc2c3c(c1)-n1c4c(cccc4c4sc5ccccc5c41)B3c1cccc3c4c(n-2c13)-c1cc(N(c2ccccc2)c2ccccc2)ccc1C4(C)C. The number of para-hydroxylation sites is 4. The molecule has 3 aromatic heterocycles. The number of aromatic nitrogens is 2. The van der Waals surface area contributed by atoms with Crippen molar-refractivity contribution in [1.82, 2.24) is 9.13 Å². The minimum Gasteiger partial charge on any atom is -0.310 e. The number of nitrogens with zero attached hydrogens (tertiary/aromatic N) is 3. The van der Waals surface area contributed by atoms with Crippen LogP contribution in [0.4, 0.5) is 17.1 Å². The highest BCUT2D eigenvalue weighted by Crippen LogP contribution is 2.55. The van der Waals surface area contributed by atoms with Gasteiger partial charge in [0.05, 0.1) is 21.4 Å². The van der Waals surface area contributed by atoms with Crippen LogP contribution < -0.4 is 21.3 Å². The fourth-order valence-corrected chi connectivity index (χ4v) is 12.0. The van der Waals surface area contributed by atoms with E-state index in [2.05, 4.69) is 186 Å². The van der Waals surface area contributed by atoms with E-state index >= 15 is 0 Å². The van der Waals surface area contributed by atoms with Crippen molar-refractivity contribution in [3.8, 4) is 22.6 Å². The average Bonchev–Trinajstić information content (AvgIpc) is 3.92. The van der Waals surface area contributed by atoms with Crippen LogP contribution in [0.15, 0.2) is 152 Å². The Balaban J connectivity index is 1.15. The summed E-state index contributed by atoms with van der Waals surface area (Å²) in [5.74, 6) is 0. The van der Waals surface area contributed by atoms with Crippen LogP contribution in [-0.4, -0.2) is 15.8 Å². The number of thiophene rings is 1. The zero-order valence-corrected chi connectivity index (χ0v) is 31.6. The lowest BCUT2D eigenvalue weighted by Gasteiger charge is -2.34. The van der Waals surface area contributed by atoms with Gasteiger partial charge in [-0.25, -0.2) is 0 Å². The van der Waals surface area contributed by atoms with E-state index < -0.39 is 0 Å². The molecule has 5 heteroatoms. The first-order chi connectivity index (χ1) is 27.0. The maximum atomic E-state index is 2.67. The number of aryl methyl sites for hydroxylation is 1. The molecule has 0 spiro atoms. The normalized spacial score (nSPS) is 14.2. The summed E-state index contributed by atoms with van der Waals surface area (Å²) < 4.78 is 8.03. The number of anilines is 3. The highest BCUT2D eigenvalue weighted by Gasteiger charge is 2.46.